The van der Waals surface area contributed by atoms with Crippen LogP contribution < -0.4 is 10.6 Å². The van der Waals surface area contributed by atoms with Gasteiger partial charge in [0.15, 0.2) is 5.78 Å². The van der Waals surface area contributed by atoms with E-state index in [4.69, 9.17) is 10.5 Å². The van der Waals surface area contributed by atoms with Gasteiger partial charge < -0.3 is 25.2 Å². The molecule has 34 heavy (non-hydrogen) atoms. The molecule has 3 heterocycles. The zero-order chi connectivity index (χ0) is 24.8. The molecule has 0 unspecified atom stereocenters. The van der Waals surface area contributed by atoms with Crippen molar-refractivity contribution < 1.29 is 19.1 Å². The van der Waals surface area contributed by atoms with Crippen molar-refractivity contribution in [3.63, 3.8) is 0 Å². The summed E-state index contributed by atoms with van der Waals surface area (Å²) >= 11 is 0. The number of hydrogen-bond acceptors (Lipinski definition) is 6. The number of anilines is 1. The number of nitrogens with two attached hydrogens (primary N) is 1. The van der Waals surface area contributed by atoms with Crippen LogP contribution in [-0.4, -0.2) is 85.9 Å². The molecular weight excluding hydrogens is 432 g/mol. The highest BCUT2D eigenvalue weighted by molar-refractivity contribution is 5.99. The molecule has 0 aliphatic carbocycles. The van der Waals surface area contributed by atoms with Gasteiger partial charge in [-0.25, -0.2) is 0 Å². The van der Waals surface area contributed by atoms with Gasteiger partial charge in [0.1, 0.15) is 12.6 Å². The molecule has 0 saturated carbocycles. The minimum atomic E-state index is -0.575. The van der Waals surface area contributed by atoms with E-state index in [9.17, 15) is 14.4 Å². The second-order valence-electron chi connectivity index (χ2n) is 11.4. The van der Waals surface area contributed by atoms with Crippen molar-refractivity contribution in [1.82, 2.24) is 9.80 Å². The number of primary amides is 1. The number of likely N-dealkylation sites (tertiary alicyclic amines) is 1. The fraction of sp³-hybridized carbons (Fsp3) is 0.654. The quantitative estimate of drug-likeness (QED) is 0.706. The number of carbonyl (C=O) groups excluding carboxylic acids is 3. The lowest BCUT2D eigenvalue weighted by molar-refractivity contribution is -0.138. The van der Waals surface area contributed by atoms with Crippen molar-refractivity contribution in [2.45, 2.75) is 52.2 Å². The lowest BCUT2D eigenvalue weighted by atomic mass is 9.79. The maximum atomic E-state index is 14.1. The van der Waals surface area contributed by atoms with Gasteiger partial charge in [0, 0.05) is 49.9 Å². The fourth-order valence-corrected chi connectivity index (χ4v) is 5.59. The second-order valence-corrected chi connectivity index (χ2v) is 11.4. The summed E-state index contributed by atoms with van der Waals surface area (Å²) in [7, 11) is 2.11. The van der Waals surface area contributed by atoms with E-state index in [1.165, 1.54) is 0 Å². The maximum Gasteiger partial charge on any atom is 0.249 e. The first-order chi connectivity index (χ1) is 16.0. The van der Waals surface area contributed by atoms with E-state index < -0.39 is 17.9 Å². The molecular formula is C26H38N4O4. The van der Waals surface area contributed by atoms with Crippen LogP contribution in [0.15, 0.2) is 18.2 Å². The van der Waals surface area contributed by atoms with Gasteiger partial charge >= 0.3 is 0 Å². The number of ketones is 1. The number of carbonyl (C=O) groups is 3. The molecule has 4 rings (SSSR count). The van der Waals surface area contributed by atoms with Crippen molar-refractivity contribution in [2.24, 2.45) is 17.1 Å². The fourth-order valence-electron chi connectivity index (χ4n) is 5.59. The molecule has 1 aromatic rings. The predicted molar refractivity (Wildman–Crippen MR) is 131 cm³/mol. The first kappa shape index (κ1) is 24.7. The van der Waals surface area contributed by atoms with Crippen molar-refractivity contribution in [3.8, 4) is 0 Å². The number of nitrogens with zero attached hydrogens (tertiary/aromatic N) is 3. The third-order valence-corrected chi connectivity index (χ3v) is 7.38. The summed E-state index contributed by atoms with van der Waals surface area (Å²) in [4.78, 5) is 45.5. The first-order valence-electron chi connectivity index (χ1n) is 12.3. The standard InChI is InChI=1S/C26H38N4O4/c1-16-14-30(22-21(31)15-34-23(16)22)25(33)20(13-26(2,3)4)19-12-17(6-7-18(19)24(27)32)29-10-8-28(5)9-11-29/h6-7,12,16,20,22-23H,8-11,13-15H2,1-5H3,(H2,27,32)/t16-,20-,22+,23+/m0/s1. The second kappa shape index (κ2) is 9.30. The largest absolute Gasteiger partial charge is 0.369 e. The Morgan fingerprint density at radius 1 is 1.18 bits per heavy atom. The van der Waals surface area contributed by atoms with E-state index in [-0.39, 0.29) is 35.7 Å². The molecule has 8 heteroatoms. The van der Waals surface area contributed by atoms with Crippen LogP contribution in [0.25, 0.3) is 0 Å². The van der Waals surface area contributed by atoms with Crippen LogP contribution in [0.5, 0.6) is 0 Å². The number of fused-ring (bicyclic) bond motifs is 1. The molecule has 0 spiro atoms. The number of amides is 2. The third-order valence-electron chi connectivity index (χ3n) is 7.38. The van der Waals surface area contributed by atoms with Crippen LogP contribution in [0, 0.1) is 11.3 Å². The van der Waals surface area contributed by atoms with E-state index in [1.54, 1.807) is 11.0 Å². The number of ether oxygens (including phenoxy) is 1. The van der Waals surface area contributed by atoms with Crippen molar-refractivity contribution in [2.75, 3.05) is 51.3 Å². The summed E-state index contributed by atoms with van der Waals surface area (Å²) in [5.41, 5.74) is 7.63. The molecule has 3 fully saturated rings. The Hall–Kier alpha value is -2.45. The molecule has 8 nitrogen and oxygen atoms in total. The summed E-state index contributed by atoms with van der Waals surface area (Å²) in [6, 6.07) is 5.12. The van der Waals surface area contributed by atoms with Crippen molar-refractivity contribution in [1.29, 1.82) is 0 Å². The summed E-state index contributed by atoms with van der Waals surface area (Å²) < 4.78 is 5.71. The topological polar surface area (TPSA) is 96.2 Å². The molecule has 4 atom stereocenters. The highest BCUT2D eigenvalue weighted by Gasteiger charge is 2.52. The van der Waals surface area contributed by atoms with Gasteiger partial charge in [-0.2, -0.15) is 0 Å². The molecule has 2 N–H and O–H groups in total. The SMILES string of the molecule is C[C@H]1CN(C(=O)[C@@H](CC(C)(C)C)c2cc(N3CCN(C)CC3)ccc2C(N)=O)[C@@H]2C(=O)CO[C@@H]21. The Kier molecular flexibility index (Phi) is 6.75. The van der Waals surface area contributed by atoms with E-state index in [0.717, 1.165) is 31.9 Å². The summed E-state index contributed by atoms with van der Waals surface area (Å²) in [6.45, 7) is 12.5. The molecule has 2 amide bonds. The molecule has 3 aliphatic heterocycles. The maximum absolute atomic E-state index is 14.1. The van der Waals surface area contributed by atoms with Crippen LogP contribution in [0.1, 0.15) is 56.0 Å². The average molecular weight is 471 g/mol. The van der Waals surface area contributed by atoms with Crippen LogP contribution in [0.4, 0.5) is 5.69 Å². The zero-order valence-electron chi connectivity index (χ0n) is 21.0. The van der Waals surface area contributed by atoms with Crippen LogP contribution in [0.3, 0.4) is 0 Å². The van der Waals surface area contributed by atoms with Crippen molar-refractivity contribution >= 4 is 23.3 Å². The van der Waals surface area contributed by atoms with Gasteiger partial charge in [0.05, 0.1) is 12.0 Å². The minimum Gasteiger partial charge on any atom is -0.369 e. The summed E-state index contributed by atoms with van der Waals surface area (Å²) in [5.74, 6) is -1.19. The Morgan fingerprint density at radius 2 is 1.85 bits per heavy atom. The number of likely N-dealkylation sites (N-methyl/N-ethyl adjacent to an activating group) is 1. The highest BCUT2D eigenvalue weighted by Crippen LogP contribution is 2.40. The molecule has 186 valence electrons. The highest BCUT2D eigenvalue weighted by atomic mass is 16.5. The van der Waals surface area contributed by atoms with Gasteiger partial charge in [-0.15, -0.1) is 0 Å². The molecule has 3 saturated heterocycles. The Balaban J connectivity index is 1.74. The molecule has 1 aromatic carbocycles. The third kappa shape index (κ3) is 4.84. The van der Waals surface area contributed by atoms with Crippen LogP contribution in [-0.2, 0) is 14.3 Å². The van der Waals surface area contributed by atoms with Crippen molar-refractivity contribution in [3.05, 3.63) is 29.3 Å². The van der Waals surface area contributed by atoms with Gasteiger partial charge in [-0.1, -0.05) is 27.7 Å². The minimum absolute atomic E-state index is 0.0430. The number of hydrogen-bond donors (Lipinski definition) is 1. The van der Waals surface area contributed by atoms with E-state index in [2.05, 4.69) is 37.6 Å². The lowest BCUT2D eigenvalue weighted by Crippen LogP contribution is -2.45. The molecule has 3 aliphatic rings. The summed E-state index contributed by atoms with van der Waals surface area (Å²) in [5, 5.41) is 0. The number of Topliss-reactive ketones (excluding diaryl/α,β-unsaturated/α-hetero) is 1. The van der Waals surface area contributed by atoms with E-state index >= 15 is 0 Å². The van der Waals surface area contributed by atoms with Gasteiger partial charge in [0.2, 0.25) is 11.8 Å². The lowest BCUT2D eigenvalue weighted by Gasteiger charge is -2.35. The number of piperazine rings is 1. The first-order valence-corrected chi connectivity index (χ1v) is 12.3. The van der Waals surface area contributed by atoms with Gasteiger partial charge in [0.25, 0.3) is 0 Å². The zero-order valence-corrected chi connectivity index (χ0v) is 21.0. The van der Waals surface area contributed by atoms with Gasteiger partial charge in [-0.3, -0.25) is 14.4 Å². The average Bonchev–Trinajstić information content (AvgIpc) is 3.31. The van der Waals surface area contributed by atoms with E-state index in [0.29, 0.717) is 24.1 Å². The Labute approximate surface area is 202 Å². The predicted octanol–water partition coefficient (Wildman–Crippen LogP) is 1.87. The normalized spacial score (nSPS) is 26.6. The molecule has 0 aromatic heterocycles. The summed E-state index contributed by atoms with van der Waals surface area (Å²) in [6.07, 6.45) is 0.286. The van der Waals surface area contributed by atoms with Gasteiger partial charge in [-0.05, 0) is 42.6 Å². The molecule has 0 bridgehead atoms. The smallest absolute Gasteiger partial charge is 0.249 e. The van der Waals surface area contributed by atoms with Crippen LogP contribution in [0.2, 0.25) is 0 Å². The number of benzene rings is 1. The Bertz CT molecular complexity index is 964. The van der Waals surface area contributed by atoms with E-state index in [1.807, 2.05) is 19.1 Å². The monoisotopic (exact) mass is 470 g/mol. The number of rotatable bonds is 5. The molecule has 0 radical (unpaired) electrons. The van der Waals surface area contributed by atoms with Crippen LogP contribution >= 0.6 is 0 Å². The Morgan fingerprint density at radius 3 is 2.47 bits per heavy atom.